The molecule has 6 nitrogen and oxygen atoms in total. The van der Waals surface area contributed by atoms with E-state index in [1.807, 2.05) is 39.0 Å². The van der Waals surface area contributed by atoms with Gasteiger partial charge in [-0.2, -0.15) is 0 Å². The first kappa shape index (κ1) is 20.0. The summed E-state index contributed by atoms with van der Waals surface area (Å²) in [7, 11) is 0. The second-order valence-corrected chi connectivity index (χ2v) is 11.0. The molecule has 1 unspecified atom stereocenters. The molecule has 2 aromatic rings. The van der Waals surface area contributed by atoms with Gasteiger partial charge in [0.15, 0.2) is 0 Å². The predicted molar refractivity (Wildman–Crippen MR) is 125 cm³/mol. The molecule has 0 radical (unpaired) electrons. The van der Waals surface area contributed by atoms with Crippen LogP contribution in [-0.2, 0) is 11.3 Å². The smallest absolute Gasteiger partial charge is 0.338 e. The van der Waals surface area contributed by atoms with Gasteiger partial charge < -0.3 is 15.4 Å². The Balaban J connectivity index is 1.44. The molecule has 1 atom stereocenters. The van der Waals surface area contributed by atoms with Gasteiger partial charge in [-0.3, -0.25) is 0 Å². The number of ether oxygens (including phenoxy) is 1. The van der Waals surface area contributed by atoms with Crippen LogP contribution in [0.25, 0.3) is 0 Å². The molecule has 4 saturated carbocycles. The molecule has 0 amide bonds. The molecule has 0 spiro atoms. The number of rotatable bonds is 6. The molecule has 4 aliphatic carbocycles. The maximum absolute atomic E-state index is 12.8. The van der Waals surface area contributed by atoms with Crippen LogP contribution in [0.4, 0.5) is 11.4 Å². The zero-order valence-corrected chi connectivity index (χ0v) is 19.2. The first-order valence-corrected chi connectivity index (χ1v) is 11.8. The maximum Gasteiger partial charge on any atom is 0.338 e. The van der Waals surface area contributed by atoms with Crippen molar-refractivity contribution in [3.8, 4) is 0 Å². The molecule has 170 valence electrons. The number of benzene rings is 1. The predicted octanol–water partition coefficient (Wildman–Crippen LogP) is 5.42. The van der Waals surface area contributed by atoms with Crippen LogP contribution in [-0.4, -0.2) is 27.1 Å². The summed E-state index contributed by atoms with van der Waals surface area (Å²) in [5.41, 5.74) is 2.36. The highest BCUT2D eigenvalue weighted by atomic mass is 16.6. The van der Waals surface area contributed by atoms with Gasteiger partial charge in [-0.05, 0) is 95.2 Å². The Morgan fingerprint density at radius 1 is 1.09 bits per heavy atom. The molecule has 6 rings (SSSR count). The van der Waals surface area contributed by atoms with Crippen LogP contribution < -0.4 is 10.6 Å². The summed E-state index contributed by atoms with van der Waals surface area (Å²) >= 11 is 0. The SMILES string of the molecule is [2H]C(Nc1cc(C(=O)OC(C)(C)C)ccc1NC12CC3CC(CC(C3)C1)C2)c1cncnc1. The molecule has 1 aromatic carbocycles. The van der Waals surface area contributed by atoms with Crippen molar-refractivity contribution in [2.75, 3.05) is 10.6 Å². The largest absolute Gasteiger partial charge is 0.456 e. The van der Waals surface area contributed by atoms with E-state index in [4.69, 9.17) is 6.11 Å². The summed E-state index contributed by atoms with van der Waals surface area (Å²) in [5.74, 6) is 2.11. The molecule has 0 saturated heterocycles. The van der Waals surface area contributed by atoms with Crippen molar-refractivity contribution in [3.05, 3.63) is 48.0 Å². The number of carbonyl (C=O) groups excluding carboxylic acids is 1. The van der Waals surface area contributed by atoms with Crippen molar-refractivity contribution in [1.82, 2.24) is 9.97 Å². The Labute approximate surface area is 192 Å². The minimum atomic E-state index is -0.753. The van der Waals surface area contributed by atoms with Crippen molar-refractivity contribution < 1.29 is 10.9 Å². The fraction of sp³-hybridized carbons (Fsp3) is 0.577. The van der Waals surface area contributed by atoms with Crippen molar-refractivity contribution in [3.63, 3.8) is 0 Å². The van der Waals surface area contributed by atoms with E-state index in [1.54, 1.807) is 12.4 Å². The Hall–Kier alpha value is -2.63. The van der Waals surface area contributed by atoms with Crippen LogP contribution in [0.15, 0.2) is 36.9 Å². The van der Waals surface area contributed by atoms with E-state index in [2.05, 4.69) is 20.6 Å². The molecular weight excluding hydrogens is 400 g/mol. The lowest BCUT2D eigenvalue weighted by Gasteiger charge is -2.57. The molecular formula is C26H34N4O2. The summed E-state index contributed by atoms with van der Waals surface area (Å²) in [5, 5.41) is 7.18. The Morgan fingerprint density at radius 3 is 2.31 bits per heavy atom. The van der Waals surface area contributed by atoms with Crippen LogP contribution in [0.1, 0.15) is 76.6 Å². The summed E-state index contributed by atoms with van der Waals surface area (Å²) < 4.78 is 14.2. The number of nitrogens with one attached hydrogen (secondary N) is 2. The fourth-order valence-corrected chi connectivity index (χ4v) is 6.33. The van der Waals surface area contributed by atoms with Gasteiger partial charge >= 0.3 is 5.97 Å². The van der Waals surface area contributed by atoms with Crippen molar-refractivity contribution in [1.29, 1.82) is 0 Å². The molecule has 32 heavy (non-hydrogen) atoms. The number of anilines is 2. The zero-order chi connectivity index (χ0) is 23.2. The number of nitrogens with zero attached hydrogens (tertiary/aromatic N) is 2. The highest BCUT2D eigenvalue weighted by molar-refractivity contribution is 5.92. The summed E-state index contributed by atoms with van der Waals surface area (Å²) in [4.78, 5) is 20.8. The number of hydrogen-bond acceptors (Lipinski definition) is 6. The molecule has 4 bridgehead atoms. The minimum Gasteiger partial charge on any atom is -0.456 e. The lowest BCUT2D eigenvalue weighted by molar-refractivity contribution is 0.00695. The van der Waals surface area contributed by atoms with E-state index < -0.39 is 12.1 Å². The third-order valence-electron chi connectivity index (χ3n) is 7.07. The second kappa shape index (κ2) is 8.05. The zero-order valence-electron chi connectivity index (χ0n) is 20.2. The Bertz CT molecular complexity index is 985. The quantitative estimate of drug-likeness (QED) is 0.590. The van der Waals surface area contributed by atoms with Gasteiger partial charge in [-0.25, -0.2) is 14.8 Å². The van der Waals surface area contributed by atoms with Crippen LogP contribution in [0.3, 0.4) is 0 Å². The van der Waals surface area contributed by atoms with Crippen molar-refractivity contribution in [2.45, 2.75) is 77.0 Å². The molecule has 1 heterocycles. The Morgan fingerprint density at radius 2 is 1.72 bits per heavy atom. The summed E-state index contributed by atoms with van der Waals surface area (Å²) in [6.45, 7) is 4.84. The average Bonchev–Trinajstić information content (AvgIpc) is 2.73. The van der Waals surface area contributed by atoms with Gasteiger partial charge in [0.1, 0.15) is 11.9 Å². The van der Waals surface area contributed by atoms with Gasteiger partial charge in [0.25, 0.3) is 0 Å². The number of carbonyl (C=O) groups is 1. The third kappa shape index (κ3) is 4.59. The van der Waals surface area contributed by atoms with Crippen LogP contribution >= 0.6 is 0 Å². The molecule has 0 aliphatic heterocycles. The molecule has 2 N–H and O–H groups in total. The van der Waals surface area contributed by atoms with E-state index in [9.17, 15) is 4.79 Å². The number of aromatic nitrogens is 2. The van der Waals surface area contributed by atoms with E-state index in [0.29, 0.717) is 11.1 Å². The number of esters is 1. The van der Waals surface area contributed by atoms with Crippen molar-refractivity contribution in [2.24, 2.45) is 17.8 Å². The average molecular weight is 436 g/mol. The van der Waals surface area contributed by atoms with Crippen LogP contribution in [0.2, 0.25) is 0 Å². The van der Waals surface area contributed by atoms with E-state index in [0.717, 1.165) is 29.1 Å². The monoisotopic (exact) mass is 435 g/mol. The number of hydrogen-bond donors (Lipinski definition) is 2. The Kier molecular flexibility index (Phi) is 5.04. The van der Waals surface area contributed by atoms with Crippen LogP contribution in [0.5, 0.6) is 0 Å². The van der Waals surface area contributed by atoms with E-state index in [1.165, 1.54) is 44.9 Å². The standard InChI is InChI=1S/C26H34N4O2/c1-25(2,3)32-24(31)21-4-5-22(23(9-21)29-15-20-13-27-16-28-14-20)30-26-10-17-6-18(11-26)8-19(7-17)12-26/h4-5,9,13-14,16-19,29-30H,6-8,10-12,15H2,1-3H3/i15D. The van der Waals surface area contributed by atoms with Gasteiger partial charge in [-0.1, -0.05) is 0 Å². The lowest BCUT2D eigenvalue weighted by Crippen LogP contribution is -2.54. The normalized spacial score (nSPS) is 29.8. The first-order valence-electron chi connectivity index (χ1n) is 12.4. The van der Waals surface area contributed by atoms with Crippen LogP contribution in [0, 0.1) is 17.8 Å². The second-order valence-electron chi connectivity index (χ2n) is 11.0. The molecule has 6 heteroatoms. The van der Waals surface area contributed by atoms with Gasteiger partial charge in [0.05, 0.1) is 18.3 Å². The maximum atomic E-state index is 12.8. The van der Waals surface area contributed by atoms with Gasteiger partial charge in [0, 0.05) is 30.0 Å². The molecule has 4 fully saturated rings. The van der Waals surface area contributed by atoms with Gasteiger partial charge in [-0.15, -0.1) is 0 Å². The highest BCUT2D eigenvalue weighted by Crippen LogP contribution is 2.56. The summed E-state index contributed by atoms with van der Waals surface area (Å²) in [6, 6.07) is 5.60. The van der Waals surface area contributed by atoms with E-state index >= 15 is 0 Å². The van der Waals surface area contributed by atoms with Crippen molar-refractivity contribution >= 4 is 17.3 Å². The minimum absolute atomic E-state index is 0.117. The lowest BCUT2D eigenvalue weighted by atomic mass is 9.53. The van der Waals surface area contributed by atoms with E-state index in [-0.39, 0.29) is 11.5 Å². The third-order valence-corrected chi connectivity index (χ3v) is 7.07. The van der Waals surface area contributed by atoms with Gasteiger partial charge in [0.2, 0.25) is 0 Å². The highest BCUT2D eigenvalue weighted by Gasteiger charge is 2.51. The fourth-order valence-electron chi connectivity index (χ4n) is 6.33. The topological polar surface area (TPSA) is 76.1 Å². The molecule has 4 aliphatic rings. The summed E-state index contributed by atoms with van der Waals surface area (Å²) in [6.07, 6.45) is 12.5. The molecule has 1 aromatic heterocycles. The first-order chi connectivity index (χ1) is 15.7.